The maximum absolute atomic E-state index is 12.7. The smallest absolute Gasteiger partial charge is 0.302 e. The molecule has 0 spiro atoms. The lowest BCUT2D eigenvalue weighted by molar-refractivity contribution is -0.304. The van der Waals surface area contributed by atoms with Crippen LogP contribution in [0.5, 0.6) is 0 Å². The molecule has 0 saturated carbocycles. The summed E-state index contributed by atoms with van der Waals surface area (Å²) in [7, 11) is -4.97. The highest BCUT2D eigenvalue weighted by Gasteiger charge is 2.61. The molecule has 1 rings (SSSR count). The van der Waals surface area contributed by atoms with Crippen LogP contribution in [0.3, 0.4) is 0 Å². The van der Waals surface area contributed by atoms with E-state index in [4.69, 9.17) is 0 Å². The van der Waals surface area contributed by atoms with Gasteiger partial charge in [-0.15, -0.1) is 0 Å². The molecule has 1 saturated heterocycles. The van der Waals surface area contributed by atoms with E-state index in [-0.39, 0.29) is 13.0 Å². The fourth-order valence-corrected chi connectivity index (χ4v) is 3.24. The first-order valence-electron chi connectivity index (χ1n) is 6.72. The Hall–Kier alpha value is -0.310. The van der Waals surface area contributed by atoms with Crippen molar-refractivity contribution in [3.63, 3.8) is 0 Å². The van der Waals surface area contributed by atoms with Gasteiger partial charge in [0.15, 0.2) is 5.92 Å². The van der Waals surface area contributed by atoms with Crippen molar-refractivity contribution in [2.24, 2.45) is 5.92 Å². The van der Waals surface area contributed by atoms with E-state index >= 15 is 0 Å². The van der Waals surface area contributed by atoms with Crippen molar-refractivity contribution in [3.8, 4) is 0 Å². The van der Waals surface area contributed by atoms with Crippen molar-refractivity contribution in [1.82, 2.24) is 0 Å². The summed E-state index contributed by atoms with van der Waals surface area (Å²) < 4.78 is 96.6. The molecule has 0 aliphatic carbocycles. The van der Waals surface area contributed by atoms with Gasteiger partial charge in [-0.25, -0.2) is 4.57 Å². The van der Waals surface area contributed by atoms with Gasteiger partial charge < -0.3 is 4.89 Å². The summed E-state index contributed by atoms with van der Waals surface area (Å²) in [6.45, 7) is -0.261. The van der Waals surface area contributed by atoms with Gasteiger partial charge in [0, 0.05) is 0 Å². The number of alkyl halides is 6. The van der Waals surface area contributed by atoms with Crippen LogP contribution in [0.2, 0.25) is 0 Å². The van der Waals surface area contributed by atoms with E-state index in [1.807, 2.05) is 0 Å². The minimum Gasteiger partial charge on any atom is -0.302 e. The van der Waals surface area contributed by atoms with E-state index in [1.54, 1.807) is 0 Å². The summed E-state index contributed by atoms with van der Waals surface area (Å²) in [5, 5.41) is 0. The molecule has 0 aromatic heterocycles. The van der Waals surface area contributed by atoms with Crippen molar-refractivity contribution < 1.29 is 44.8 Å². The van der Waals surface area contributed by atoms with Crippen LogP contribution in [0.4, 0.5) is 26.3 Å². The summed E-state index contributed by atoms with van der Waals surface area (Å²) in [5.41, 5.74) is 0. The van der Waals surface area contributed by atoms with Crippen molar-refractivity contribution in [1.29, 1.82) is 0 Å². The Kier molecular flexibility index (Phi) is 6.73. The van der Waals surface area contributed by atoms with Crippen LogP contribution in [0.25, 0.3) is 0 Å². The third kappa shape index (κ3) is 6.44. The third-order valence-corrected chi connectivity index (χ3v) is 4.28. The van der Waals surface area contributed by atoms with Crippen LogP contribution in [0, 0.1) is 5.92 Å². The largest absolute Gasteiger partial charge is 0.472 e. The Bertz CT molecular complexity index is 383. The van der Waals surface area contributed by atoms with Crippen molar-refractivity contribution >= 4 is 7.82 Å². The van der Waals surface area contributed by atoms with E-state index in [1.165, 1.54) is 0 Å². The first kappa shape index (κ1) is 19.7. The van der Waals surface area contributed by atoms with Crippen LogP contribution in [-0.4, -0.2) is 30.0 Å². The van der Waals surface area contributed by atoms with Gasteiger partial charge in [0.25, 0.3) is 0 Å². The molecule has 2 unspecified atom stereocenters. The molecule has 0 aromatic carbocycles. The zero-order valence-corrected chi connectivity index (χ0v) is 12.4. The first-order chi connectivity index (χ1) is 9.93. The second-order valence-corrected chi connectivity index (χ2v) is 6.47. The molecule has 1 N–H and O–H groups in total. The van der Waals surface area contributed by atoms with Crippen LogP contribution in [0.15, 0.2) is 0 Å². The number of phosphoric acid groups is 1. The minimum absolute atomic E-state index is 0.0350. The van der Waals surface area contributed by atoms with Gasteiger partial charge in [0.2, 0.25) is 0 Å². The highest BCUT2D eigenvalue weighted by molar-refractivity contribution is 7.47. The Labute approximate surface area is 123 Å². The lowest BCUT2D eigenvalue weighted by Crippen LogP contribution is -2.45. The van der Waals surface area contributed by atoms with Crippen LogP contribution < -0.4 is 0 Å². The molecule has 4 nitrogen and oxygen atoms in total. The van der Waals surface area contributed by atoms with Gasteiger partial charge in [-0.1, -0.05) is 25.7 Å². The quantitative estimate of drug-likeness (QED) is 0.551. The standard InChI is InChI=1S/C11H17F6O4P/c12-10(13,14)9(11(15,16)17)8-6-4-2-1-3-5-7-20-22(18,19)21-8/h8-9H,1-7H2,(H,18,19). The van der Waals surface area contributed by atoms with Gasteiger partial charge in [0.1, 0.15) is 0 Å². The third-order valence-electron chi connectivity index (χ3n) is 3.23. The monoisotopic (exact) mass is 358 g/mol. The van der Waals surface area contributed by atoms with Crippen LogP contribution in [-0.2, 0) is 13.6 Å². The maximum Gasteiger partial charge on any atom is 0.472 e. The van der Waals surface area contributed by atoms with E-state index in [0.717, 1.165) is 0 Å². The Morgan fingerprint density at radius 2 is 1.45 bits per heavy atom. The number of hydrogen-bond donors (Lipinski definition) is 1. The number of halogens is 6. The molecular weight excluding hydrogens is 341 g/mol. The van der Waals surface area contributed by atoms with Gasteiger partial charge in [-0.05, 0) is 12.8 Å². The molecule has 0 bridgehead atoms. The van der Waals surface area contributed by atoms with E-state index in [9.17, 15) is 35.8 Å². The van der Waals surface area contributed by atoms with E-state index in [2.05, 4.69) is 9.05 Å². The van der Waals surface area contributed by atoms with Crippen LogP contribution >= 0.6 is 7.82 Å². The van der Waals surface area contributed by atoms with Gasteiger partial charge in [0.05, 0.1) is 12.7 Å². The molecule has 22 heavy (non-hydrogen) atoms. The highest BCUT2D eigenvalue weighted by atomic mass is 31.2. The van der Waals surface area contributed by atoms with Crippen molar-refractivity contribution in [2.45, 2.75) is 57.0 Å². The maximum atomic E-state index is 12.7. The SMILES string of the molecule is O=P1(O)OCCCCCCCC(C(C(F)(F)F)C(F)(F)F)O1. The highest BCUT2D eigenvalue weighted by Crippen LogP contribution is 2.51. The van der Waals surface area contributed by atoms with Crippen LogP contribution in [0.1, 0.15) is 38.5 Å². The van der Waals surface area contributed by atoms with Gasteiger partial charge >= 0.3 is 20.2 Å². The zero-order valence-electron chi connectivity index (χ0n) is 11.5. The first-order valence-corrected chi connectivity index (χ1v) is 8.22. The Morgan fingerprint density at radius 3 is 2.00 bits per heavy atom. The van der Waals surface area contributed by atoms with Crippen molar-refractivity contribution in [3.05, 3.63) is 0 Å². The molecule has 11 heteroatoms. The summed E-state index contributed by atoms with van der Waals surface area (Å²) in [4.78, 5) is 9.32. The lowest BCUT2D eigenvalue weighted by Gasteiger charge is -2.31. The summed E-state index contributed by atoms with van der Waals surface area (Å²) in [5.74, 6) is -3.83. The topological polar surface area (TPSA) is 55.8 Å². The van der Waals surface area contributed by atoms with Crippen molar-refractivity contribution in [2.75, 3.05) is 6.61 Å². The van der Waals surface area contributed by atoms with Gasteiger partial charge in [-0.3, -0.25) is 9.05 Å². The molecule has 0 aromatic rings. The molecular formula is C11H17F6O4P. The molecule has 0 radical (unpaired) electrons. The number of rotatable bonds is 1. The minimum atomic E-state index is -5.64. The molecule has 2 atom stereocenters. The molecule has 1 aliphatic heterocycles. The molecule has 132 valence electrons. The summed E-state index contributed by atoms with van der Waals surface area (Å²) >= 11 is 0. The predicted octanol–water partition coefficient (Wildman–Crippen LogP) is 4.58. The predicted molar refractivity (Wildman–Crippen MR) is 64.0 cm³/mol. The average Bonchev–Trinajstić information content (AvgIpc) is 2.30. The zero-order chi connectivity index (χ0) is 17.0. The molecule has 0 amide bonds. The normalized spacial score (nSPS) is 30.1. The number of phosphoric ester groups is 1. The van der Waals surface area contributed by atoms with E-state index < -0.39 is 38.6 Å². The molecule has 1 fully saturated rings. The molecule has 1 heterocycles. The second-order valence-electron chi connectivity index (χ2n) is 5.06. The summed E-state index contributed by atoms with van der Waals surface area (Å²) in [6, 6.07) is 0. The second kappa shape index (κ2) is 7.51. The fourth-order valence-electron chi connectivity index (χ4n) is 2.25. The van der Waals surface area contributed by atoms with Gasteiger partial charge in [-0.2, -0.15) is 26.3 Å². The van der Waals surface area contributed by atoms with E-state index in [0.29, 0.717) is 25.7 Å². The fraction of sp³-hybridized carbons (Fsp3) is 1.00. The Morgan fingerprint density at radius 1 is 0.955 bits per heavy atom. The number of hydrogen-bond acceptors (Lipinski definition) is 3. The lowest BCUT2D eigenvalue weighted by atomic mass is 9.95. The average molecular weight is 358 g/mol. The summed E-state index contributed by atoms with van der Waals surface area (Å²) in [6.07, 6.45) is -12.4. The Balaban J connectivity index is 3.03. The molecule has 1 aliphatic rings.